The average Bonchev–Trinajstić information content (AvgIpc) is 3.16. The summed E-state index contributed by atoms with van der Waals surface area (Å²) in [6.07, 6.45) is 1.01. The lowest BCUT2D eigenvalue weighted by molar-refractivity contribution is -0.114. The zero-order valence-electron chi connectivity index (χ0n) is 17.3. The average molecular weight is 387 g/mol. The van der Waals surface area contributed by atoms with Crippen LogP contribution in [-0.4, -0.2) is 29.0 Å². The molecule has 2 aromatic carbocycles. The van der Waals surface area contributed by atoms with Gasteiger partial charge in [0.25, 0.3) is 0 Å². The van der Waals surface area contributed by atoms with E-state index in [2.05, 4.69) is 53.0 Å². The number of amides is 1. The van der Waals surface area contributed by atoms with E-state index in [1.165, 1.54) is 40.0 Å². The molecular formula is C24H25N3O2. The van der Waals surface area contributed by atoms with Crippen molar-refractivity contribution in [2.75, 3.05) is 18.9 Å². The van der Waals surface area contributed by atoms with Gasteiger partial charge in [-0.05, 0) is 68.4 Å². The Bertz CT molecular complexity index is 1260. The van der Waals surface area contributed by atoms with Gasteiger partial charge in [0.2, 0.25) is 5.91 Å². The van der Waals surface area contributed by atoms with E-state index in [1.54, 1.807) is 0 Å². The first kappa shape index (κ1) is 18.0. The number of carbonyl (C=O) groups is 1. The SMILES string of the molecule is CC(=O)Nc1ccc(-n2c3c(c4c5c(C)c(C)oc5ccc42)CN(C)CC3)cc1. The van der Waals surface area contributed by atoms with Gasteiger partial charge >= 0.3 is 0 Å². The maximum absolute atomic E-state index is 11.4. The number of fused-ring (bicyclic) bond motifs is 5. The second-order valence-electron chi connectivity index (χ2n) is 8.09. The van der Waals surface area contributed by atoms with Gasteiger partial charge in [-0.15, -0.1) is 0 Å². The van der Waals surface area contributed by atoms with Crippen LogP contribution in [0.25, 0.3) is 27.6 Å². The van der Waals surface area contributed by atoms with Crippen molar-refractivity contribution >= 4 is 33.5 Å². The van der Waals surface area contributed by atoms with Crippen molar-refractivity contribution in [2.45, 2.75) is 33.7 Å². The highest BCUT2D eigenvalue weighted by atomic mass is 16.3. The first-order valence-corrected chi connectivity index (χ1v) is 10.1. The van der Waals surface area contributed by atoms with Crippen LogP contribution in [0.5, 0.6) is 0 Å². The first-order chi connectivity index (χ1) is 13.9. The molecule has 0 radical (unpaired) electrons. The molecule has 5 nitrogen and oxygen atoms in total. The molecule has 1 N–H and O–H groups in total. The van der Waals surface area contributed by atoms with Crippen molar-refractivity contribution < 1.29 is 9.21 Å². The number of furan rings is 1. The summed E-state index contributed by atoms with van der Waals surface area (Å²) in [5.74, 6) is 0.926. The van der Waals surface area contributed by atoms with Crippen LogP contribution in [-0.2, 0) is 17.8 Å². The van der Waals surface area contributed by atoms with Gasteiger partial charge in [0, 0.05) is 54.3 Å². The molecule has 0 bridgehead atoms. The number of nitrogens with one attached hydrogen (secondary N) is 1. The molecule has 1 aliphatic heterocycles. The lowest BCUT2D eigenvalue weighted by Gasteiger charge is -2.24. The molecule has 1 aliphatic rings. The van der Waals surface area contributed by atoms with E-state index in [9.17, 15) is 4.79 Å². The molecule has 29 heavy (non-hydrogen) atoms. The standard InChI is InChI=1S/C24H25N3O2/c1-14-15(2)29-22-10-9-21-24(23(14)22)19-13-26(4)12-11-20(19)27(21)18-7-5-17(6-8-18)25-16(3)28/h5-10H,11-13H2,1-4H3,(H,25,28). The summed E-state index contributed by atoms with van der Waals surface area (Å²) in [6, 6.07) is 12.4. The number of aromatic nitrogens is 1. The monoisotopic (exact) mass is 387 g/mol. The van der Waals surface area contributed by atoms with Gasteiger partial charge in [0.1, 0.15) is 11.3 Å². The largest absolute Gasteiger partial charge is 0.461 e. The number of benzene rings is 2. The molecule has 0 aliphatic carbocycles. The summed E-state index contributed by atoms with van der Waals surface area (Å²) < 4.78 is 8.41. The van der Waals surface area contributed by atoms with Crippen LogP contribution >= 0.6 is 0 Å². The Labute approximate surface area is 169 Å². The van der Waals surface area contributed by atoms with Crippen LogP contribution in [0.1, 0.15) is 29.5 Å². The molecule has 5 heteroatoms. The number of likely N-dealkylation sites (N-methyl/N-ethyl adjacent to an activating group) is 1. The van der Waals surface area contributed by atoms with Gasteiger partial charge in [0.05, 0.1) is 5.52 Å². The maximum atomic E-state index is 11.4. The van der Waals surface area contributed by atoms with Gasteiger partial charge in [0.15, 0.2) is 0 Å². The smallest absolute Gasteiger partial charge is 0.221 e. The van der Waals surface area contributed by atoms with E-state index < -0.39 is 0 Å². The minimum atomic E-state index is -0.0576. The molecular weight excluding hydrogens is 362 g/mol. The Balaban J connectivity index is 1.80. The molecule has 3 heterocycles. The lowest BCUT2D eigenvalue weighted by atomic mass is 10.0. The van der Waals surface area contributed by atoms with Gasteiger partial charge < -0.3 is 19.2 Å². The molecule has 0 atom stereocenters. The van der Waals surface area contributed by atoms with Crippen molar-refractivity contribution in [1.82, 2.24) is 9.47 Å². The molecule has 148 valence electrons. The third kappa shape index (κ3) is 2.76. The highest BCUT2D eigenvalue weighted by Crippen LogP contribution is 2.40. The van der Waals surface area contributed by atoms with Crippen molar-refractivity contribution in [1.29, 1.82) is 0 Å². The Morgan fingerprint density at radius 2 is 1.83 bits per heavy atom. The number of anilines is 1. The Morgan fingerprint density at radius 1 is 1.07 bits per heavy atom. The van der Waals surface area contributed by atoms with Crippen molar-refractivity contribution in [3.8, 4) is 5.69 Å². The molecule has 0 spiro atoms. The Morgan fingerprint density at radius 3 is 2.55 bits per heavy atom. The van der Waals surface area contributed by atoms with Gasteiger partial charge in [-0.25, -0.2) is 0 Å². The summed E-state index contributed by atoms with van der Waals surface area (Å²) in [5, 5.41) is 5.40. The number of aryl methyl sites for hydroxylation is 2. The molecule has 4 aromatic rings. The Hall–Kier alpha value is -3.05. The lowest BCUT2D eigenvalue weighted by Crippen LogP contribution is -2.27. The first-order valence-electron chi connectivity index (χ1n) is 10.1. The summed E-state index contributed by atoms with van der Waals surface area (Å²) in [6.45, 7) is 7.70. The van der Waals surface area contributed by atoms with Crippen LogP contribution in [0.15, 0.2) is 40.8 Å². The van der Waals surface area contributed by atoms with Crippen LogP contribution in [0.2, 0.25) is 0 Å². The molecule has 0 unspecified atom stereocenters. The van der Waals surface area contributed by atoms with E-state index in [4.69, 9.17) is 4.42 Å². The van der Waals surface area contributed by atoms with E-state index in [0.29, 0.717) is 0 Å². The quantitative estimate of drug-likeness (QED) is 0.530. The van der Waals surface area contributed by atoms with Crippen LogP contribution in [0.3, 0.4) is 0 Å². The van der Waals surface area contributed by atoms with Crippen molar-refractivity contribution in [3.63, 3.8) is 0 Å². The Kier molecular flexibility index (Phi) is 4.03. The summed E-state index contributed by atoms with van der Waals surface area (Å²) in [7, 11) is 2.18. The van der Waals surface area contributed by atoms with E-state index >= 15 is 0 Å². The third-order valence-electron chi connectivity index (χ3n) is 6.08. The maximum Gasteiger partial charge on any atom is 0.221 e. The second kappa shape index (κ2) is 6.49. The number of nitrogens with zero attached hydrogens (tertiary/aromatic N) is 2. The minimum absolute atomic E-state index is 0.0576. The summed E-state index contributed by atoms with van der Waals surface area (Å²) in [5.41, 5.74) is 8.10. The molecule has 1 amide bonds. The normalized spacial score (nSPS) is 14.5. The topological polar surface area (TPSA) is 50.4 Å². The van der Waals surface area contributed by atoms with Crippen molar-refractivity contribution in [3.05, 3.63) is 59.0 Å². The fourth-order valence-corrected chi connectivity index (χ4v) is 4.63. The highest BCUT2D eigenvalue weighted by Gasteiger charge is 2.26. The fraction of sp³-hybridized carbons (Fsp3) is 0.292. The van der Waals surface area contributed by atoms with Crippen LogP contribution < -0.4 is 5.32 Å². The predicted octanol–water partition coefficient (Wildman–Crippen LogP) is 4.94. The predicted molar refractivity (Wildman–Crippen MR) is 117 cm³/mol. The molecule has 0 fully saturated rings. The number of hydrogen-bond donors (Lipinski definition) is 1. The zero-order chi connectivity index (χ0) is 20.3. The summed E-state index contributed by atoms with van der Waals surface area (Å²) >= 11 is 0. The van der Waals surface area contributed by atoms with E-state index in [-0.39, 0.29) is 5.91 Å². The van der Waals surface area contributed by atoms with Gasteiger partial charge in [-0.3, -0.25) is 4.79 Å². The van der Waals surface area contributed by atoms with Crippen LogP contribution in [0, 0.1) is 13.8 Å². The number of carbonyl (C=O) groups excluding carboxylic acids is 1. The third-order valence-corrected chi connectivity index (χ3v) is 6.08. The molecule has 2 aromatic heterocycles. The van der Waals surface area contributed by atoms with E-state index in [0.717, 1.165) is 42.2 Å². The van der Waals surface area contributed by atoms with Crippen molar-refractivity contribution in [2.24, 2.45) is 0 Å². The second-order valence-corrected chi connectivity index (χ2v) is 8.09. The highest BCUT2D eigenvalue weighted by molar-refractivity contribution is 6.10. The zero-order valence-corrected chi connectivity index (χ0v) is 17.3. The number of hydrogen-bond acceptors (Lipinski definition) is 3. The summed E-state index contributed by atoms with van der Waals surface area (Å²) in [4.78, 5) is 13.7. The molecule has 5 rings (SSSR count). The fourth-order valence-electron chi connectivity index (χ4n) is 4.63. The van der Waals surface area contributed by atoms with Crippen LogP contribution in [0.4, 0.5) is 5.69 Å². The van der Waals surface area contributed by atoms with E-state index in [1.807, 2.05) is 19.1 Å². The molecule has 0 saturated heterocycles. The van der Waals surface area contributed by atoms with Gasteiger partial charge in [-0.2, -0.15) is 0 Å². The number of rotatable bonds is 2. The molecule has 0 saturated carbocycles. The van der Waals surface area contributed by atoms with Gasteiger partial charge in [-0.1, -0.05) is 0 Å². The minimum Gasteiger partial charge on any atom is -0.461 e.